The number of hydrogen-bond acceptors (Lipinski definition) is 3. The summed E-state index contributed by atoms with van der Waals surface area (Å²) in [6, 6.07) is 11.0. The predicted octanol–water partition coefficient (Wildman–Crippen LogP) is 4.14. The number of halogens is 3. The van der Waals surface area contributed by atoms with Crippen molar-refractivity contribution in [1.82, 2.24) is 0 Å². The number of ether oxygens (including phenoxy) is 2. The van der Waals surface area contributed by atoms with Gasteiger partial charge in [-0.05, 0) is 24.6 Å². The van der Waals surface area contributed by atoms with E-state index in [0.29, 0.717) is 11.3 Å². The van der Waals surface area contributed by atoms with Crippen LogP contribution in [0.1, 0.15) is 11.1 Å². The molecule has 0 aliphatic carbocycles. The smallest absolute Gasteiger partial charge is 0.453 e. The second-order valence-electron chi connectivity index (χ2n) is 4.36. The molecule has 2 aromatic carbocycles. The fourth-order valence-corrected chi connectivity index (χ4v) is 1.87. The van der Waals surface area contributed by atoms with Crippen LogP contribution in [-0.2, 0) is 6.54 Å². The summed E-state index contributed by atoms with van der Waals surface area (Å²) in [5.41, 5.74) is 7.10. The highest BCUT2D eigenvalue weighted by molar-refractivity contribution is 5.48. The first-order valence-electron chi connectivity index (χ1n) is 6.22. The predicted molar refractivity (Wildman–Crippen MR) is 72.3 cm³/mol. The Morgan fingerprint density at radius 1 is 1.00 bits per heavy atom. The van der Waals surface area contributed by atoms with E-state index in [9.17, 15) is 13.2 Å². The summed E-state index contributed by atoms with van der Waals surface area (Å²) in [5, 5.41) is 0. The van der Waals surface area contributed by atoms with Gasteiger partial charge >= 0.3 is 6.36 Å². The molecule has 0 atom stereocenters. The van der Waals surface area contributed by atoms with E-state index in [-0.39, 0.29) is 12.3 Å². The summed E-state index contributed by atoms with van der Waals surface area (Å²) in [6.45, 7) is 2.01. The van der Waals surface area contributed by atoms with E-state index in [1.54, 1.807) is 25.1 Å². The van der Waals surface area contributed by atoms with Crippen molar-refractivity contribution in [3.05, 3.63) is 53.6 Å². The number of benzene rings is 2. The maximum absolute atomic E-state index is 12.4. The molecule has 0 spiro atoms. The minimum Gasteiger partial charge on any atom is -0.453 e. The Labute approximate surface area is 120 Å². The molecular weight excluding hydrogens is 283 g/mol. The molecular formula is C15H14F3NO2. The molecule has 2 aromatic rings. The molecule has 112 valence electrons. The normalized spacial score (nSPS) is 11.3. The van der Waals surface area contributed by atoms with Crippen LogP contribution >= 0.6 is 0 Å². The van der Waals surface area contributed by atoms with Gasteiger partial charge in [-0.3, -0.25) is 0 Å². The largest absolute Gasteiger partial charge is 0.573 e. The number of rotatable bonds is 4. The van der Waals surface area contributed by atoms with Gasteiger partial charge in [-0.2, -0.15) is 0 Å². The molecule has 0 radical (unpaired) electrons. The summed E-state index contributed by atoms with van der Waals surface area (Å²) in [5.74, 6) is 0.0354. The summed E-state index contributed by atoms with van der Waals surface area (Å²) in [4.78, 5) is 0. The molecule has 0 unspecified atom stereocenters. The first-order valence-corrected chi connectivity index (χ1v) is 6.22. The Morgan fingerprint density at radius 2 is 1.67 bits per heavy atom. The third-order valence-corrected chi connectivity index (χ3v) is 2.80. The number of hydrogen-bond donors (Lipinski definition) is 1. The number of nitrogens with two attached hydrogens (primary N) is 1. The molecule has 3 nitrogen and oxygen atoms in total. The van der Waals surface area contributed by atoms with E-state index in [2.05, 4.69) is 4.74 Å². The van der Waals surface area contributed by atoms with E-state index >= 15 is 0 Å². The fraction of sp³-hybridized carbons (Fsp3) is 0.200. The molecule has 0 saturated carbocycles. The molecule has 0 heterocycles. The van der Waals surface area contributed by atoms with Crippen LogP contribution in [0.3, 0.4) is 0 Å². The van der Waals surface area contributed by atoms with Gasteiger partial charge in [0.2, 0.25) is 0 Å². The SMILES string of the molecule is Cc1cccc(CN)c1Oc1ccccc1OC(F)(F)F. The second kappa shape index (κ2) is 6.05. The Morgan fingerprint density at radius 3 is 2.29 bits per heavy atom. The van der Waals surface area contributed by atoms with Crippen LogP contribution in [0.15, 0.2) is 42.5 Å². The van der Waals surface area contributed by atoms with Crippen LogP contribution in [0.25, 0.3) is 0 Å². The Bertz CT molecular complexity index is 627. The van der Waals surface area contributed by atoms with Gasteiger partial charge in [0.1, 0.15) is 5.75 Å². The van der Waals surface area contributed by atoms with Gasteiger partial charge in [-0.15, -0.1) is 13.2 Å². The molecule has 21 heavy (non-hydrogen) atoms. The van der Waals surface area contributed by atoms with E-state index in [1.807, 2.05) is 6.07 Å². The van der Waals surface area contributed by atoms with Crippen LogP contribution in [-0.4, -0.2) is 6.36 Å². The van der Waals surface area contributed by atoms with Crippen molar-refractivity contribution in [1.29, 1.82) is 0 Å². The number of alkyl halides is 3. The van der Waals surface area contributed by atoms with Gasteiger partial charge < -0.3 is 15.2 Å². The van der Waals surface area contributed by atoms with Gasteiger partial charge in [0, 0.05) is 12.1 Å². The Balaban J connectivity index is 2.37. The third kappa shape index (κ3) is 3.88. The monoisotopic (exact) mass is 297 g/mol. The van der Waals surface area contributed by atoms with Gasteiger partial charge in [0.25, 0.3) is 0 Å². The lowest BCUT2D eigenvalue weighted by atomic mass is 10.1. The van der Waals surface area contributed by atoms with Crippen molar-refractivity contribution in [3.8, 4) is 17.2 Å². The van der Waals surface area contributed by atoms with Crippen LogP contribution in [0.2, 0.25) is 0 Å². The topological polar surface area (TPSA) is 44.5 Å². The highest BCUT2D eigenvalue weighted by Crippen LogP contribution is 2.37. The van der Waals surface area contributed by atoms with E-state index in [1.165, 1.54) is 18.2 Å². The molecule has 6 heteroatoms. The number of aryl methyl sites for hydroxylation is 1. The minimum absolute atomic E-state index is 0.0150. The molecule has 0 aromatic heterocycles. The maximum atomic E-state index is 12.4. The van der Waals surface area contributed by atoms with Crippen LogP contribution in [0.4, 0.5) is 13.2 Å². The first-order chi connectivity index (χ1) is 9.90. The van der Waals surface area contributed by atoms with Crippen LogP contribution < -0.4 is 15.2 Å². The highest BCUT2D eigenvalue weighted by atomic mass is 19.4. The van der Waals surface area contributed by atoms with Crippen molar-refractivity contribution in [2.45, 2.75) is 19.8 Å². The zero-order chi connectivity index (χ0) is 15.5. The summed E-state index contributed by atoms with van der Waals surface area (Å²) < 4.78 is 46.7. The quantitative estimate of drug-likeness (QED) is 0.922. The number of para-hydroxylation sites is 3. The lowest BCUT2D eigenvalue weighted by Crippen LogP contribution is -2.17. The van der Waals surface area contributed by atoms with Crippen LogP contribution in [0.5, 0.6) is 17.2 Å². The molecule has 0 saturated heterocycles. The average Bonchev–Trinajstić information content (AvgIpc) is 2.41. The van der Waals surface area contributed by atoms with Crippen molar-refractivity contribution in [2.75, 3.05) is 0 Å². The molecule has 0 aliphatic heterocycles. The average molecular weight is 297 g/mol. The lowest BCUT2D eigenvalue weighted by Gasteiger charge is -2.16. The lowest BCUT2D eigenvalue weighted by molar-refractivity contribution is -0.275. The van der Waals surface area contributed by atoms with E-state index in [4.69, 9.17) is 10.5 Å². The highest BCUT2D eigenvalue weighted by Gasteiger charge is 2.32. The summed E-state index contributed by atoms with van der Waals surface area (Å²) in [7, 11) is 0. The minimum atomic E-state index is -4.78. The zero-order valence-corrected chi connectivity index (χ0v) is 11.3. The van der Waals surface area contributed by atoms with Gasteiger partial charge in [-0.25, -0.2) is 0 Å². The second-order valence-corrected chi connectivity index (χ2v) is 4.36. The molecule has 2 rings (SSSR count). The molecule has 0 bridgehead atoms. The zero-order valence-electron chi connectivity index (χ0n) is 11.3. The summed E-state index contributed by atoms with van der Waals surface area (Å²) in [6.07, 6.45) is -4.78. The summed E-state index contributed by atoms with van der Waals surface area (Å²) >= 11 is 0. The molecule has 0 fully saturated rings. The molecule has 0 amide bonds. The van der Waals surface area contributed by atoms with Crippen LogP contribution in [0, 0.1) is 6.92 Å². The molecule has 0 aliphatic rings. The van der Waals surface area contributed by atoms with Crippen molar-refractivity contribution in [3.63, 3.8) is 0 Å². The van der Waals surface area contributed by atoms with Crippen molar-refractivity contribution < 1.29 is 22.6 Å². The Kier molecular flexibility index (Phi) is 4.37. The van der Waals surface area contributed by atoms with E-state index < -0.39 is 12.1 Å². The molecule has 2 N–H and O–H groups in total. The van der Waals surface area contributed by atoms with Gasteiger partial charge in [0.15, 0.2) is 11.5 Å². The standard InChI is InChI=1S/C15H14F3NO2/c1-10-5-4-6-11(9-19)14(10)20-12-7-2-3-8-13(12)21-15(16,17)18/h2-8H,9,19H2,1H3. The first kappa shape index (κ1) is 15.2. The van der Waals surface area contributed by atoms with Gasteiger partial charge in [-0.1, -0.05) is 30.3 Å². The fourth-order valence-electron chi connectivity index (χ4n) is 1.87. The van der Waals surface area contributed by atoms with Crippen molar-refractivity contribution >= 4 is 0 Å². The van der Waals surface area contributed by atoms with E-state index in [0.717, 1.165) is 5.56 Å². The maximum Gasteiger partial charge on any atom is 0.573 e. The third-order valence-electron chi connectivity index (χ3n) is 2.80. The van der Waals surface area contributed by atoms with Gasteiger partial charge in [0.05, 0.1) is 0 Å². The Hall–Kier alpha value is -2.21. The van der Waals surface area contributed by atoms with Crippen molar-refractivity contribution in [2.24, 2.45) is 5.73 Å².